The van der Waals surface area contributed by atoms with Crippen molar-refractivity contribution in [1.29, 1.82) is 0 Å². The molecule has 1 fully saturated rings. The predicted octanol–water partition coefficient (Wildman–Crippen LogP) is 0.270. The summed E-state index contributed by atoms with van der Waals surface area (Å²) in [5.41, 5.74) is 0.124. The molecule has 5 nitrogen and oxygen atoms in total. The van der Waals surface area contributed by atoms with E-state index >= 15 is 0 Å². The summed E-state index contributed by atoms with van der Waals surface area (Å²) in [6, 6.07) is -0.337. The van der Waals surface area contributed by atoms with E-state index in [9.17, 15) is 15.0 Å². The van der Waals surface area contributed by atoms with Crippen molar-refractivity contribution in [3.05, 3.63) is 24.0 Å². The summed E-state index contributed by atoms with van der Waals surface area (Å²) in [5.74, 6) is -0.519. The van der Waals surface area contributed by atoms with Gasteiger partial charge in [0.2, 0.25) is 0 Å². The second-order valence-corrected chi connectivity index (χ2v) is 3.71. The molecule has 5 heteroatoms. The Morgan fingerprint density at radius 2 is 2.31 bits per heavy atom. The first-order valence-electron chi connectivity index (χ1n) is 5.15. The van der Waals surface area contributed by atoms with Gasteiger partial charge < -0.3 is 20.3 Å². The number of rotatable bonds is 3. The zero-order valence-corrected chi connectivity index (χ0v) is 9.27. The van der Waals surface area contributed by atoms with Crippen LogP contribution >= 0.6 is 0 Å². The van der Waals surface area contributed by atoms with Crippen LogP contribution in [-0.2, 0) is 9.53 Å². The van der Waals surface area contributed by atoms with Crippen LogP contribution in [0.1, 0.15) is 13.3 Å². The predicted molar refractivity (Wildman–Crippen MR) is 58.9 cm³/mol. The molecule has 0 bridgehead atoms. The Kier molecular flexibility index (Phi) is 4.52. The maximum Gasteiger partial charge on any atom is 0.254 e. The molecule has 90 valence electrons. The van der Waals surface area contributed by atoms with Crippen molar-refractivity contribution in [2.45, 2.75) is 25.5 Å². The molecule has 2 atom stereocenters. The Hall–Kier alpha value is -1.33. The van der Waals surface area contributed by atoms with Gasteiger partial charge in [-0.2, -0.15) is 0 Å². The van der Waals surface area contributed by atoms with Gasteiger partial charge in [-0.15, -0.1) is 0 Å². The van der Waals surface area contributed by atoms with Crippen LogP contribution in [0.3, 0.4) is 0 Å². The van der Waals surface area contributed by atoms with Gasteiger partial charge in [0.15, 0.2) is 0 Å². The molecule has 16 heavy (non-hydrogen) atoms. The van der Waals surface area contributed by atoms with E-state index in [0.29, 0.717) is 13.0 Å². The Balaban J connectivity index is 2.63. The number of hydrogen-bond acceptors (Lipinski definition) is 4. The lowest BCUT2D eigenvalue weighted by Crippen LogP contribution is -2.49. The first-order chi connectivity index (χ1) is 7.56. The van der Waals surface area contributed by atoms with E-state index in [4.69, 9.17) is 4.74 Å². The highest BCUT2D eigenvalue weighted by Crippen LogP contribution is 2.10. The van der Waals surface area contributed by atoms with E-state index in [0.717, 1.165) is 0 Å². The fourth-order valence-corrected chi connectivity index (χ4v) is 1.54. The Labute approximate surface area is 94.4 Å². The number of allylic oxidation sites excluding steroid dienone is 1. The molecule has 1 aliphatic heterocycles. The van der Waals surface area contributed by atoms with Crippen molar-refractivity contribution in [3.63, 3.8) is 0 Å². The number of aliphatic hydroxyl groups is 2. The molecular formula is C11H17NO4. The van der Waals surface area contributed by atoms with Crippen LogP contribution in [-0.4, -0.2) is 41.5 Å². The number of aliphatic hydroxyl groups excluding tert-OH is 2. The monoisotopic (exact) mass is 227 g/mol. The highest BCUT2D eigenvalue weighted by Gasteiger charge is 2.26. The summed E-state index contributed by atoms with van der Waals surface area (Å²) >= 11 is 0. The SMILES string of the molecule is C=C/C(C(=O)NC1CCOCC1O)=C(\C)O. The van der Waals surface area contributed by atoms with Crippen molar-refractivity contribution in [1.82, 2.24) is 5.32 Å². The summed E-state index contributed by atoms with van der Waals surface area (Å²) in [6.45, 7) is 5.59. The van der Waals surface area contributed by atoms with E-state index in [1.807, 2.05) is 0 Å². The van der Waals surface area contributed by atoms with E-state index in [1.54, 1.807) is 0 Å². The Morgan fingerprint density at radius 3 is 2.81 bits per heavy atom. The van der Waals surface area contributed by atoms with E-state index in [-0.39, 0.29) is 24.0 Å². The molecule has 1 amide bonds. The Morgan fingerprint density at radius 1 is 1.62 bits per heavy atom. The fraction of sp³-hybridized carbons (Fsp3) is 0.545. The molecule has 0 aromatic carbocycles. The number of amides is 1. The minimum atomic E-state index is -0.706. The molecule has 0 saturated carbocycles. The molecule has 1 heterocycles. The number of carbonyl (C=O) groups is 1. The van der Waals surface area contributed by atoms with Gasteiger partial charge in [0.25, 0.3) is 5.91 Å². The molecule has 2 unspecified atom stereocenters. The van der Waals surface area contributed by atoms with Gasteiger partial charge in [0, 0.05) is 6.61 Å². The second kappa shape index (κ2) is 5.67. The molecule has 3 N–H and O–H groups in total. The summed E-state index contributed by atoms with van der Waals surface area (Å²) in [4.78, 5) is 11.7. The van der Waals surface area contributed by atoms with Gasteiger partial charge in [0.1, 0.15) is 5.76 Å². The topological polar surface area (TPSA) is 78.8 Å². The fourth-order valence-electron chi connectivity index (χ4n) is 1.54. The lowest BCUT2D eigenvalue weighted by molar-refractivity contribution is -0.120. The Bertz CT molecular complexity index is 307. The van der Waals surface area contributed by atoms with Crippen molar-refractivity contribution >= 4 is 5.91 Å². The first kappa shape index (κ1) is 12.7. The summed E-state index contributed by atoms with van der Waals surface area (Å²) < 4.78 is 5.04. The minimum Gasteiger partial charge on any atom is -0.512 e. The normalized spacial score (nSPS) is 26.9. The molecule has 0 spiro atoms. The molecule has 0 aromatic heterocycles. The number of carbonyl (C=O) groups excluding carboxylic acids is 1. The minimum absolute atomic E-state index is 0.0888. The van der Waals surface area contributed by atoms with Gasteiger partial charge in [-0.3, -0.25) is 4.79 Å². The molecule has 0 radical (unpaired) electrons. The van der Waals surface area contributed by atoms with Crippen LogP contribution in [0.5, 0.6) is 0 Å². The lowest BCUT2D eigenvalue weighted by Gasteiger charge is -2.28. The number of ether oxygens (including phenoxy) is 1. The van der Waals surface area contributed by atoms with Crippen LogP contribution in [0.2, 0.25) is 0 Å². The van der Waals surface area contributed by atoms with Crippen LogP contribution in [0.25, 0.3) is 0 Å². The van der Waals surface area contributed by atoms with E-state index in [2.05, 4.69) is 11.9 Å². The third kappa shape index (κ3) is 3.08. The number of hydrogen-bond donors (Lipinski definition) is 3. The zero-order chi connectivity index (χ0) is 12.1. The first-order valence-corrected chi connectivity index (χ1v) is 5.15. The molecule has 0 aromatic rings. The van der Waals surface area contributed by atoms with Crippen molar-refractivity contribution in [2.75, 3.05) is 13.2 Å². The van der Waals surface area contributed by atoms with Crippen LogP contribution < -0.4 is 5.32 Å². The summed E-state index contributed by atoms with van der Waals surface area (Å²) in [5, 5.41) is 21.4. The van der Waals surface area contributed by atoms with Gasteiger partial charge in [0.05, 0.1) is 24.3 Å². The van der Waals surface area contributed by atoms with Gasteiger partial charge in [-0.1, -0.05) is 12.7 Å². The van der Waals surface area contributed by atoms with Gasteiger partial charge in [-0.05, 0) is 13.3 Å². The standard InChI is InChI=1S/C11H17NO4/c1-3-8(7(2)13)11(15)12-9-4-5-16-6-10(9)14/h3,9-10,13-14H,1,4-6H2,2H3,(H,12,15)/b8-7-. The lowest BCUT2D eigenvalue weighted by atomic mass is 10.1. The molecule has 0 aliphatic carbocycles. The van der Waals surface area contributed by atoms with Crippen LogP contribution in [0.4, 0.5) is 0 Å². The van der Waals surface area contributed by atoms with Crippen molar-refractivity contribution in [2.24, 2.45) is 0 Å². The third-order valence-electron chi connectivity index (χ3n) is 2.48. The third-order valence-corrected chi connectivity index (χ3v) is 2.48. The van der Waals surface area contributed by atoms with Crippen LogP contribution in [0.15, 0.2) is 24.0 Å². The summed E-state index contributed by atoms with van der Waals surface area (Å²) in [6.07, 6.45) is 1.14. The maximum absolute atomic E-state index is 11.7. The maximum atomic E-state index is 11.7. The average molecular weight is 227 g/mol. The number of nitrogens with one attached hydrogen (secondary N) is 1. The highest BCUT2D eigenvalue weighted by molar-refractivity contribution is 5.96. The van der Waals surface area contributed by atoms with Crippen molar-refractivity contribution < 1.29 is 19.7 Å². The van der Waals surface area contributed by atoms with Crippen molar-refractivity contribution in [3.8, 4) is 0 Å². The molecule has 1 aliphatic rings. The molecule has 1 rings (SSSR count). The quantitative estimate of drug-likeness (QED) is 0.367. The molecular weight excluding hydrogens is 210 g/mol. The van der Waals surface area contributed by atoms with Gasteiger partial charge >= 0.3 is 0 Å². The van der Waals surface area contributed by atoms with Gasteiger partial charge in [-0.25, -0.2) is 0 Å². The largest absolute Gasteiger partial charge is 0.512 e. The smallest absolute Gasteiger partial charge is 0.254 e. The average Bonchev–Trinajstić information content (AvgIpc) is 2.22. The zero-order valence-electron chi connectivity index (χ0n) is 9.27. The highest BCUT2D eigenvalue weighted by atomic mass is 16.5. The van der Waals surface area contributed by atoms with Crippen LogP contribution in [0, 0.1) is 0 Å². The summed E-state index contributed by atoms with van der Waals surface area (Å²) in [7, 11) is 0. The second-order valence-electron chi connectivity index (χ2n) is 3.71. The van der Waals surface area contributed by atoms with E-state index < -0.39 is 12.0 Å². The van der Waals surface area contributed by atoms with E-state index in [1.165, 1.54) is 13.0 Å². The molecule has 1 saturated heterocycles.